The van der Waals surface area contributed by atoms with Crippen LogP contribution >= 0.6 is 0 Å². The fourth-order valence-electron chi connectivity index (χ4n) is 1.49. The molecule has 3 heteroatoms. The monoisotopic (exact) mass is 207 g/mol. The Morgan fingerprint density at radius 2 is 1.60 bits per heavy atom. The molecule has 0 amide bonds. The van der Waals surface area contributed by atoms with Gasteiger partial charge in [-0.1, -0.05) is 0 Å². The fourth-order valence-corrected chi connectivity index (χ4v) is 1.49. The van der Waals surface area contributed by atoms with E-state index in [1.807, 2.05) is 26.2 Å². The maximum Gasteiger partial charge on any atom is 0.150 e. The van der Waals surface area contributed by atoms with Crippen LogP contribution in [0.1, 0.15) is 11.1 Å². The minimum atomic E-state index is -0.558. The van der Waals surface area contributed by atoms with Crippen molar-refractivity contribution in [1.29, 1.82) is 0 Å². The maximum absolute atomic E-state index is 13.4. The van der Waals surface area contributed by atoms with Gasteiger partial charge in [0.25, 0.3) is 0 Å². The highest BCUT2D eigenvalue weighted by Crippen LogP contribution is 2.18. The molecule has 0 N–H and O–H groups in total. The zero-order valence-corrected chi connectivity index (χ0v) is 8.59. The lowest BCUT2D eigenvalue weighted by Crippen LogP contribution is -1.94. The Labute approximate surface area is 87.0 Å². The standard InChI is InChI=1S/C12H11F2N/c1-8-6-15(7-9(8)2)12-4-3-10(13)5-11(12)14/h3-7H,1-2H3. The van der Waals surface area contributed by atoms with Crippen LogP contribution < -0.4 is 0 Å². The molecule has 1 heterocycles. The van der Waals surface area contributed by atoms with Crippen molar-refractivity contribution >= 4 is 0 Å². The summed E-state index contributed by atoms with van der Waals surface area (Å²) in [7, 11) is 0. The highest BCUT2D eigenvalue weighted by molar-refractivity contribution is 5.37. The molecule has 0 fully saturated rings. The zero-order chi connectivity index (χ0) is 11.0. The summed E-state index contributed by atoms with van der Waals surface area (Å²) in [4.78, 5) is 0. The molecule has 0 saturated carbocycles. The van der Waals surface area contributed by atoms with Crippen LogP contribution in [0.15, 0.2) is 30.6 Å². The Hall–Kier alpha value is -1.64. The van der Waals surface area contributed by atoms with E-state index in [4.69, 9.17) is 0 Å². The van der Waals surface area contributed by atoms with E-state index < -0.39 is 11.6 Å². The average molecular weight is 207 g/mol. The van der Waals surface area contributed by atoms with Crippen LogP contribution in [0.3, 0.4) is 0 Å². The third kappa shape index (κ3) is 1.77. The van der Waals surface area contributed by atoms with Crippen molar-refractivity contribution in [1.82, 2.24) is 4.57 Å². The molecule has 0 bridgehead atoms. The Morgan fingerprint density at radius 1 is 1.00 bits per heavy atom. The smallest absolute Gasteiger partial charge is 0.150 e. The normalized spacial score (nSPS) is 10.7. The third-order valence-electron chi connectivity index (χ3n) is 2.48. The molecule has 0 saturated heterocycles. The minimum Gasteiger partial charge on any atom is -0.321 e. The number of hydrogen-bond acceptors (Lipinski definition) is 0. The van der Waals surface area contributed by atoms with Gasteiger partial charge >= 0.3 is 0 Å². The van der Waals surface area contributed by atoms with Crippen molar-refractivity contribution in [3.05, 3.63) is 53.4 Å². The summed E-state index contributed by atoms with van der Waals surface area (Å²) < 4.78 is 27.8. The molecule has 1 nitrogen and oxygen atoms in total. The lowest BCUT2D eigenvalue weighted by molar-refractivity contribution is 0.578. The summed E-state index contributed by atoms with van der Waals surface area (Å²) in [5.74, 6) is -1.11. The first-order valence-corrected chi connectivity index (χ1v) is 4.68. The molecule has 0 atom stereocenters. The third-order valence-corrected chi connectivity index (χ3v) is 2.48. The number of hydrogen-bond donors (Lipinski definition) is 0. The summed E-state index contributed by atoms with van der Waals surface area (Å²) in [6, 6.07) is 3.58. The van der Waals surface area contributed by atoms with Crippen LogP contribution in [0.5, 0.6) is 0 Å². The molecule has 0 radical (unpaired) electrons. The van der Waals surface area contributed by atoms with E-state index in [1.165, 1.54) is 12.1 Å². The molecule has 0 aliphatic carbocycles. The fraction of sp³-hybridized carbons (Fsp3) is 0.167. The largest absolute Gasteiger partial charge is 0.321 e. The molecular weight excluding hydrogens is 196 g/mol. The van der Waals surface area contributed by atoms with Gasteiger partial charge in [0.05, 0.1) is 5.69 Å². The van der Waals surface area contributed by atoms with Crippen molar-refractivity contribution in [2.24, 2.45) is 0 Å². The highest BCUT2D eigenvalue weighted by Gasteiger charge is 2.06. The van der Waals surface area contributed by atoms with E-state index in [0.29, 0.717) is 5.69 Å². The van der Waals surface area contributed by atoms with Crippen LogP contribution in [0, 0.1) is 25.5 Å². The lowest BCUT2D eigenvalue weighted by atomic mass is 10.2. The zero-order valence-electron chi connectivity index (χ0n) is 8.59. The van der Waals surface area contributed by atoms with Crippen LogP contribution in [0.2, 0.25) is 0 Å². The summed E-state index contributed by atoms with van der Waals surface area (Å²) in [5.41, 5.74) is 2.53. The van der Waals surface area contributed by atoms with E-state index >= 15 is 0 Å². The Balaban J connectivity index is 2.54. The second kappa shape index (κ2) is 3.50. The maximum atomic E-state index is 13.4. The molecule has 2 rings (SSSR count). The summed E-state index contributed by atoms with van der Waals surface area (Å²) in [6.07, 6.45) is 3.65. The van der Waals surface area contributed by atoms with E-state index in [0.717, 1.165) is 17.2 Å². The first kappa shape index (κ1) is 9.90. The number of halogens is 2. The summed E-state index contributed by atoms with van der Waals surface area (Å²) in [6.45, 7) is 3.90. The molecule has 0 aliphatic rings. The molecule has 15 heavy (non-hydrogen) atoms. The van der Waals surface area contributed by atoms with Gasteiger partial charge in [-0.15, -0.1) is 0 Å². The second-order valence-electron chi connectivity index (χ2n) is 3.63. The average Bonchev–Trinajstić information content (AvgIpc) is 2.46. The second-order valence-corrected chi connectivity index (χ2v) is 3.63. The van der Waals surface area contributed by atoms with Crippen LogP contribution in [0.25, 0.3) is 5.69 Å². The predicted octanol–water partition coefficient (Wildman–Crippen LogP) is 3.37. The highest BCUT2D eigenvalue weighted by atomic mass is 19.1. The molecule has 78 valence electrons. The van der Waals surface area contributed by atoms with Gasteiger partial charge in [-0.3, -0.25) is 0 Å². The van der Waals surface area contributed by atoms with Gasteiger partial charge in [0.2, 0.25) is 0 Å². The first-order valence-electron chi connectivity index (χ1n) is 4.68. The lowest BCUT2D eigenvalue weighted by Gasteiger charge is -2.03. The van der Waals surface area contributed by atoms with Gasteiger partial charge in [-0.2, -0.15) is 0 Å². The van der Waals surface area contributed by atoms with Crippen molar-refractivity contribution in [3.63, 3.8) is 0 Å². The quantitative estimate of drug-likeness (QED) is 0.675. The number of nitrogens with zero attached hydrogens (tertiary/aromatic N) is 1. The Morgan fingerprint density at radius 3 is 2.13 bits per heavy atom. The number of benzene rings is 1. The van der Waals surface area contributed by atoms with Gasteiger partial charge in [0.1, 0.15) is 11.6 Å². The molecule has 1 aromatic carbocycles. The molecule has 1 aromatic heterocycles. The van der Waals surface area contributed by atoms with Crippen LogP contribution in [-0.4, -0.2) is 4.57 Å². The number of rotatable bonds is 1. The topological polar surface area (TPSA) is 4.93 Å². The van der Waals surface area contributed by atoms with Crippen molar-refractivity contribution in [2.75, 3.05) is 0 Å². The van der Waals surface area contributed by atoms with Crippen LogP contribution in [-0.2, 0) is 0 Å². The molecule has 0 spiro atoms. The summed E-state index contributed by atoms with van der Waals surface area (Å²) in [5, 5.41) is 0. The number of aryl methyl sites for hydroxylation is 2. The molecule has 2 aromatic rings. The van der Waals surface area contributed by atoms with Gasteiger partial charge in [-0.05, 0) is 37.1 Å². The van der Waals surface area contributed by atoms with Gasteiger partial charge in [-0.25, -0.2) is 8.78 Å². The van der Waals surface area contributed by atoms with E-state index in [1.54, 1.807) is 4.57 Å². The van der Waals surface area contributed by atoms with Crippen molar-refractivity contribution in [3.8, 4) is 5.69 Å². The Bertz CT molecular complexity index is 481. The van der Waals surface area contributed by atoms with Gasteiger partial charge in [0, 0.05) is 18.5 Å². The minimum absolute atomic E-state index is 0.368. The molecule has 0 aliphatic heterocycles. The van der Waals surface area contributed by atoms with Crippen molar-refractivity contribution in [2.45, 2.75) is 13.8 Å². The predicted molar refractivity (Wildman–Crippen MR) is 55.2 cm³/mol. The SMILES string of the molecule is Cc1cn(-c2ccc(F)cc2F)cc1C. The van der Waals surface area contributed by atoms with E-state index in [-0.39, 0.29) is 0 Å². The molecular formula is C12H11F2N. The van der Waals surface area contributed by atoms with E-state index in [2.05, 4.69) is 0 Å². The number of aromatic nitrogens is 1. The van der Waals surface area contributed by atoms with Crippen LogP contribution in [0.4, 0.5) is 8.78 Å². The van der Waals surface area contributed by atoms with Gasteiger partial charge < -0.3 is 4.57 Å². The van der Waals surface area contributed by atoms with Gasteiger partial charge in [0.15, 0.2) is 0 Å². The van der Waals surface area contributed by atoms with E-state index in [9.17, 15) is 8.78 Å². The molecule has 0 unspecified atom stereocenters. The first-order chi connectivity index (χ1) is 7.08. The summed E-state index contributed by atoms with van der Waals surface area (Å²) >= 11 is 0. The van der Waals surface area contributed by atoms with Crippen molar-refractivity contribution < 1.29 is 8.78 Å². The Kier molecular flexibility index (Phi) is 2.31.